The summed E-state index contributed by atoms with van der Waals surface area (Å²) in [7, 11) is 3.55. The van der Waals surface area contributed by atoms with Gasteiger partial charge in [0.1, 0.15) is 23.8 Å². The molecule has 0 atom stereocenters. The van der Waals surface area contributed by atoms with Gasteiger partial charge < -0.3 is 24.3 Å². The summed E-state index contributed by atoms with van der Waals surface area (Å²) in [6, 6.07) is 19.9. The molecule has 33 heavy (non-hydrogen) atoms. The zero-order chi connectivity index (χ0) is 23.0. The first-order chi connectivity index (χ1) is 16.1. The van der Waals surface area contributed by atoms with Gasteiger partial charge in [-0.3, -0.25) is 9.69 Å². The van der Waals surface area contributed by atoms with E-state index < -0.39 is 0 Å². The van der Waals surface area contributed by atoms with Crippen molar-refractivity contribution in [3.63, 3.8) is 0 Å². The number of piperazine rings is 1. The van der Waals surface area contributed by atoms with Gasteiger partial charge in [-0.15, -0.1) is 0 Å². The number of carbonyl (C=O) groups excluding carboxylic acids is 1. The molecule has 0 spiro atoms. The standard InChI is InChI=1S/C26H32N4O3/c1-28-13-6-10-24(28)26(31)27-12-14-29-15-17-30(18-16-29)23-9-3-4-11-25(23)33-20-21-7-5-8-22(19-21)32-2/h3-11,13,19H,12,14-18,20H2,1-2H3,(H,27,31). The smallest absolute Gasteiger partial charge is 0.267 e. The van der Waals surface area contributed by atoms with Gasteiger partial charge in [-0.05, 0) is 42.0 Å². The lowest BCUT2D eigenvalue weighted by Gasteiger charge is -2.36. The monoisotopic (exact) mass is 448 g/mol. The van der Waals surface area contributed by atoms with Crippen molar-refractivity contribution in [1.82, 2.24) is 14.8 Å². The van der Waals surface area contributed by atoms with Crippen molar-refractivity contribution in [3.05, 3.63) is 78.1 Å². The molecule has 2 heterocycles. The van der Waals surface area contributed by atoms with E-state index in [-0.39, 0.29) is 5.91 Å². The van der Waals surface area contributed by atoms with Crippen LogP contribution in [-0.4, -0.2) is 61.8 Å². The maximum Gasteiger partial charge on any atom is 0.267 e. The molecule has 1 aliphatic heterocycles. The molecule has 174 valence electrons. The zero-order valence-corrected chi connectivity index (χ0v) is 19.4. The molecule has 1 amide bonds. The molecule has 3 aromatic rings. The summed E-state index contributed by atoms with van der Waals surface area (Å²) in [5.74, 6) is 1.70. The van der Waals surface area contributed by atoms with Crippen LogP contribution in [-0.2, 0) is 13.7 Å². The SMILES string of the molecule is COc1cccc(COc2ccccc2N2CCN(CCNC(=O)c3cccn3C)CC2)c1. The topological polar surface area (TPSA) is 59.0 Å². The Balaban J connectivity index is 1.26. The molecular formula is C26H32N4O3. The third-order valence-electron chi connectivity index (χ3n) is 6.00. The van der Waals surface area contributed by atoms with Crippen LogP contribution in [0.3, 0.4) is 0 Å². The third kappa shape index (κ3) is 5.87. The Bertz CT molecular complexity index is 1060. The third-order valence-corrected chi connectivity index (χ3v) is 6.00. The van der Waals surface area contributed by atoms with Crippen LogP contribution in [0.4, 0.5) is 5.69 Å². The highest BCUT2D eigenvalue weighted by atomic mass is 16.5. The van der Waals surface area contributed by atoms with E-state index >= 15 is 0 Å². The number of para-hydroxylation sites is 2. The van der Waals surface area contributed by atoms with Crippen molar-refractivity contribution in [2.75, 3.05) is 51.3 Å². The van der Waals surface area contributed by atoms with Crippen molar-refractivity contribution in [3.8, 4) is 11.5 Å². The molecule has 1 aromatic heterocycles. The molecule has 7 nitrogen and oxygen atoms in total. The fraction of sp³-hybridized carbons (Fsp3) is 0.346. The normalized spacial score (nSPS) is 14.2. The average molecular weight is 449 g/mol. The van der Waals surface area contributed by atoms with Crippen LogP contribution >= 0.6 is 0 Å². The Kier molecular flexibility index (Phi) is 7.52. The zero-order valence-electron chi connectivity index (χ0n) is 19.4. The molecule has 1 saturated heterocycles. The van der Waals surface area contributed by atoms with E-state index in [4.69, 9.17) is 9.47 Å². The Morgan fingerprint density at radius 2 is 1.82 bits per heavy atom. The Labute approximate surface area is 195 Å². The molecule has 1 fully saturated rings. The number of aromatic nitrogens is 1. The molecule has 0 saturated carbocycles. The summed E-state index contributed by atoms with van der Waals surface area (Å²) in [5, 5.41) is 3.02. The van der Waals surface area contributed by atoms with Crippen LogP contribution in [0.1, 0.15) is 16.1 Å². The Morgan fingerprint density at radius 1 is 1.00 bits per heavy atom. The first-order valence-electron chi connectivity index (χ1n) is 11.4. The molecule has 2 aromatic carbocycles. The summed E-state index contributed by atoms with van der Waals surface area (Å²) >= 11 is 0. The molecule has 0 aliphatic carbocycles. The number of methoxy groups -OCH3 is 1. The lowest BCUT2D eigenvalue weighted by atomic mass is 10.2. The van der Waals surface area contributed by atoms with Crippen LogP contribution in [0.25, 0.3) is 0 Å². The number of aryl methyl sites for hydroxylation is 1. The predicted molar refractivity (Wildman–Crippen MR) is 130 cm³/mol. The number of ether oxygens (including phenoxy) is 2. The number of nitrogens with zero attached hydrogens (tertiary/aromatic N) is 3. The van der Waals surface area contributed by atoms with Crippen LogP contribution in [0.5, 0.6) is 11.5 Å². The van der Waals surface area contributed by atoms with Gasteiger partial charge in [0.15, 0.2) is 0 Å². The fourth-order valence-corrected chi connectivity index (χ4v) is 4.09. The van der Waals surface area contributed by atoms with E-state index in [1.54, 1.807) is 7.11 Å². The molecule has 4 rings (SSSR count). The van der Waals surface area contributed by atoms with Gasteiger partial charge in [0.25, 0.3) is 5.91 Å². The fourth-order valence-electron chi connectivity index (χ4n) is 4.09. The molecule has 0 radical (unpaired) electrons. The minimum atomic E-state index is -0.0248. The summed E-state index contributed by atoms with van der Waals surface area (Å²) in [5.41, 5.74) is 2.88. The molecule has 7 heteroatoms. The minimum Gasteiger partial charge on any atom is -0.497 e. The van der Waals surface area contributed by atoms with E-state index in [2.05, 4.69) is 27.2 Å². The van der Waals surface area contributed by atoms with Gasteiger partial charge in [0.05, 0.1) is 12.8 Å². The van der Waals surface area contributed by atoms with Crippen molar-refractivity contribution < 1.29 is 14.3 Å². The number of carbonyl (C=O) groups is 1. The second kappa shape index (κ2) is 10.9. The first-order valence-corrected chi connectivity index (χ1v) is 11.4. The predicted octanol–water partition coefficient (Wildman–Crippen LogP) is 3.16. The average Bonchev–Trinajstić information content (AvgIpc) is 3.29. The Hall–Kier alpha value is -3.45. The number of benzene rings is 2. The summed E-state index contributed by atoms with van der Waals surface area (Å²) < 4.78 is 13.3. The maximum atomic E-state index is 12.3. The van der Waals surface area contributed by atoms with Crippen molar-refractivity contribution >= 4 is 11.6 Å². The van der Waals surface area contributed by atoms with Gasteiger partial charge in [0.2, 0.25) is 0 Å². The van der Waals surface area contributed by atoms with Gasteiger partial charge in [-0.25, -0.2) is 0 Å². The van der Waals surface area contributed by atoms with Gasteiger partial charge in [0, 0.05) is 52.5 Å². The quantitative estimate of drug-likeness (QED) is 0.545. The number of anilines is 1. The highest BCUT2D eigenvalue weighted by Gasteiger charge is 2.20. The second-order valence-electron chi connectivity index (χ2n) is 8.20. The number of hydrogen-bond donors (Lipinski definition) is 1. The summed E-state index contributed by atoms with van der Waals surface area (Å²) in [6.07, 6.45) is 1.88. The summed E-state index contributed by atoms with van der Waals surface area (Å²) in [4.78, 5) is 17.0. The van der Waals surface area contributed by atoms with Crippen LogP contribution in [0.2, 0.25) is 0 Å². The van der Waals surface area contributed by atoms with E-state index in [0.29, 0.717) is 18.8 Å². The van der Waals surface area contributed by atoms with Crippen LogP contribution in [0, 0.1) is 0 Å². The number of rotatable bonds is 9. The molecule has 1 N–H and O–H groups in total. The molecule has 0 bridgehead atoms. The van der Waals surface area contributed by atoms with E-state index in [0.717, 1.165) is 55.5 Å². The van der Waals surface area contributed by atoms with E-state index in [1.165, 1.54) is 0 Å². The van der Waals surface area contributed by atoms with Gasteiger partial charge in [-0.2, -0.15) is 0 Å². The molecular weight excluding hydrogens is 416 g/mol. The minimum absolute atomic E-state index is 0.0248. The van der Waals surface area contributed by atoms with Gasteiger partial charge in [-0.1, -0.05) is 24.3 Å². The van der Waals surface area contributed by atoms with E-state index in [1.807, 2.05) is 66.3 Å². The van der Waals surface area contributed by atoms with E-state index in [9.17, 15) is 4.79 Å². The largest absolute Gasteiger partial charge is 0.497 e. The van der Waals surface area contributed by atoms with Crippen LogP contribution in [0.15, 0.2) is 66.9 Å². The summed E-state index contributed by atoms with van der Waals surface area (Å²) in [6.45, 7) is 5.72. The maximum absolute atomic E-state index is 12.3. The number of nitrogens with one attached hydrogen (secondary N) is 1. The van der Waals surface area contributed by atoms with Crippen molar-refractivity contribution in [2.45, 2.75) is 6.61 Å². The second-order valence-corrected chi connectivity index (χ2v) is 8.20. The first kappa shape index (κ1) is 22.7. The van der Waals surface area contributed by atoms with Crippen LogP contribution < -0.4 is 19.7 Å². The Morgan fingerprint density at radius 3 is 2.58 bits per heavy atom. The highest BCUT2D eigenvalue weighted by Crippen LogP contribution is 2.29. The number of hydrogen-bond acceptors (Lipinski definition) is 5. The van der Waals surface area contributed by atoms with Gasteiger partial charge >= 0.3 is 0 Å². The lowest BCUT2D eigenvalue weighted by molar-refractivity contribution is 0.0939. The highest BCUT2D eigenvalue weighted by molar-refractivity contribution is 5.92. The van der Waals surface area contributed by atoms with Crippen molar-refractivity contribution in [1.29, 1.82) is 0 Å². The lowest BCUT2D eigenvalue weighted by Crippen LogP contribution is -2.48. The number of amides is 1. The van der Waals surface area contributed by atoms with Crippen molar-refractivity contribution in [2.24, 2.45) is 7.05 Å². The molecule has 1 aliphatic rings. The molecule has 0 unspecified atom stereocenters.